The summed E-state index contributed by atoms with van der Waals surface area (Å²) in [6.07, 6.45) is 3.17. The van der Waals surface area contributed by atoms with Gasteiger partial charge in [0.15, 0.2) is 6.61 Å². The highest BCUT2D eigenvalue weighted by Gasteiger charge is 2.20. The molecule has 20 heavy (non-hydrogen) atoms. The molecule has 108 valence electrons. The van der Waals surface area contributed by atoms with E-state index in [4.69, 9.17) is 4.74 Å². The molecule has 0 aromatic heterocycles. The van der Waals surface area contributed by atoms with Crippen molar-refractivity contribution >= 4 is 11.6 Å². The van der Waals surface area contributed by atoms with Crippen molar-refractivity contribution in [3.05, 3.63) is 23.8 Å². The van der Waals surface area contributed by atoms with Gasteiger partial charge in [0.2, 0.25) is 0 Å². The Labute approximate surface area is 118 Å². The van der Waals surface area contributed by atoms with Crippen molar-refractivity contribution in [1.29, 1.82) is 0 Å². The van der Waals surface area contributed by atoms with Crippen LogP contribution in [0.5, 0.6) is 5.75 Å². The molecule has 1 fully saturated rings. The maximum atomic E-state index is 11.3. The Morgan fingerprint density at radius 2 is 2.10 bits per heavy atom. The van der Waals surface area contributed by atoms with Crippen LogP contribution in [0.1, 0.15) is 30.9 Å². The maximum absolute atomic E-state index is 11.3. The summed E-state index contributed by atoms with van der Waals surface area (Å²) in [7, 11) is 0. The first kappa shape index (κ1) is 13.4. The third kappa shape index (κ3) is 2.94. The molecule has 5 nitrogen and oxygen atoms in total. The zero-order valence-electron chi connectivity index (χ0n) is 11.5. The van der Waals surface area contributed by atoms with Gasteiger partial charge in [-0.25, -0.2) is 0 Å². The van der Waals surface area contributed by atoms with Crippen molar-refractivity contribution in [3.63, 3.8) is 0 Å². The SMILES string of the molecule is O=C1COc2ccc(C(O)CN3CCCCC3)cc2N1. The highest BCUT2D eigenvalue weighted by atomic mass is 16.5. The first-order valence-electron chi connectivity index (χ1n) is 7.19. The number of aliphatic hydroxyl groups excluding tert-OH is 1. The zero-order chi connectivity index (χ0) is 13.9. The number of fused-ring (bicyclic) bond motifs is 1. The van der Waals surface area contributed by atoms with Gasteiger partial charge < -0.3 is 20.1 Å². The predicted octanol–water partition coefficient (Wildman–Crippen LogP) is 1.54. The number of benzene rings is 1. The third-order valence-corrected chi connectivity index (χ3v) is 3.90. The van der Waals surface area contributed by atoms with Gasteiger partial charge in [-0.05, 0) is 43.6 Å². The summed E-state index contributed by atoms with van der Waals surface area (Å²) >= 11 is 0. The normalized spacial score (nSPS) is 20.8. The fourth-order valence-corrected chi connectivity index (χ4v) is 2.80. The lowest BCUT2D eigenvalue weighted by Crippen LogP contribution is -2.33. The molecule has 1 saturated heterocycles. The van der Waals surface area contributed by atoms with E-state index in [-0.39, 0.29) is 12.5 Å². The average Bonchev–Trinajstić information content (AvgIpc) is 2.47. The molecule has 3 rings (SSSR count). The summed E-state index contributed by atoms with van der Waals surface area (Å²) in [6.45, 7) is 2.82. The minimum atomic E-state index is -0.530. The average molecular weight is 276 g/mol. The summed E-state index contributed by atoms with van der Waals surface area (Å²) in [5, 5.41) is 13.1. The van der Waals surface area contributed by atoms with Crippen LogP contribution in [-0.2, 0) is 4.79 Å². The highest BCUT2D eigenvalue weighted by molar-refractivity contribution is 5.95. The van der Waals surface area contributed by atoms with Crippen LogP contribution in [0.3, 0.4) is 0 Å². The molecule has 0 bridgehead atoms. The molecule has 0 spiro atoms. The first-order valence-corrected chi connectivity index (χ1v) is 7.19. The molecule has 0 radical (unpaired) electrons. The van der Waals surface area contributed by atoms with Gasteiger partial charge in [-0.15, -0.1) is 0 Å². The van der Waals surface area contributed by atoms with E-state index in [1.807, 2.05) is 12.1 Å². The second kappa shape index (κ2) is 5.81. The van der Waals surface area contributed by atoms with Crippen LogP contribution in [0.25, 0.3) is 0 Å². The molecule has 5 heteroatoms. The number of rotatable bonds is 3. The number of amides is 1. The van der Waals surface area contributed by atoms with Crippen molar-refractivity contribution in [2.45, 2.75) is 25.4 Å². The Bertz CT molecular complexity index is 498. The number of aliphatic hydroxyl groups is 1. The second-order valence-electron chi connectivity index (χ2n) is 5.47. The Kier molecular flexibility index (Phi) is 3.89. The number of likely N-dealkylation sites (tertiary alicyclic amines) is 1. The van der Waals surface area contributed by atoms with Crippen molar-refractivity contribution in [3.8, 4) is 5.75 Å². The largest absolute Gasteiger partial charge is 0.482 e. The highest BCUT2D eigenvalue weighted by Crippen LogP contribution is 2.31. The molecule has 1 amide bonds. The number of hydrogen-bond acceptors (Lipinski definition) is 4. The standard InChI is InChI=1S/C15H20N2O3/c18-13(9-17-6-2-1-3-7-17)11-4-5-14-12(8-11)16-15(19)10-20-14/h4-5,8,13,18H,1-3,6-7,9-10H2,(H,16,19). The van der Waals surface area contributed by atoms with E-state index in [9.17, 15) is 9.90 Å². The summed E-state index contributed by atoms with van der Waals surface area (Å²) in [6, 6.07) is 5.48. The summed E-state index contributed by atoms with van der Waals surface area (Å²) < 4.78 is 5.32. The number of ether oxygens (including phenoxy) is 1. The summed E-state index contributed by atoms with van der Waals surface area (Å²) in [4.78, 5) is 13.6. The Balaban J connectivity index is 1.69. The molecule has 2 aliphatic heterocycles. The van der Waals surface area contributed by atoms with Crippen LogP contribution < -0.4 is 10.1 Å². The van der Waals surface area contributed by atoms with E-state index in [0.29, 0.717) is 18.0 Å². The minimum absolute atomic E-state index is 0.0582. The summed E-state index contributed by atoms with van der Waals surface area (Å²) in [5.74, 6) is 0.513. The van der Waals surface area contributed by atoms with Gasteiger partial charge in [-0.3, -0.25) is 4.79 Å². The van der Waals surface area contributed by atoms with E-state index < -0.39 is 6.10 Å². The lowest BCUT2D eigenvalue weighted by molar-refractivity contribution is -0.118. The van der Waals surface area contributed by atoms with Crippen molar-refractivity contribution in [1.82, 2.24) is 4.90 Å². The van der Waals surface area contributed by atoms with Gasteiger partial charge in [0.1, 0.15) is 5.75 Å². The molecular formula is C15H20N2O3. The van der Waals surface area contributed by atoms with Crippen LogP contribution in [0.2, 0.25) is 0 Å². The minimum Gasteiger partial charge on any atom is -0.482 e. The van der Waals surface area contributed by atoms with Crippen LogP contribution in [-0.4, -0.2) is 42.2 Å². The van der Waals surface area contributed by atoms with Crippen LogP contribution in [0, 0.1) is 0 Å². The van der Waals surface area contributed by atoms with Gasteiger partial charge in [-0.1, -0.05) is 12.5 Å². The van der Waals surface area contributed by atoms with Crippen LogP contribution in [0.15, 0.2) is 18.2 Å². The van der Waals surface area contributed by atoms with Gasteiger partial charge in [0.25, 0.3) is 5.91 Å². The van der Waals surface area contributed by atoms with Gasteiger partial charge in [0.05, 0.1) is 11.8 Å². The molecular weight excluding hydrogens is 256 g/mol. The molecule has 2 heterocycles. The Morgan fingerprint density at radius 3 is 2.90 bits per heavy atom. The monoisotopic (exact) mass is 276 g/mol. The second-order valence-corrected chi connectivity index (χ2v) is 5.47. The van der Waals surface area contributed by atoms with E-state index in [1.165, 1.54) is 19.3 Å². The smallest absolute Gasteiger partial charge is 0.262 e. The molecule has 1 aromatic carbocycles. The molecule has 1 atom stereocenters. The van der Waals surface area contributed by atoms with E-state index >= 15 is 0 Å². The number of piperidine rings is 1. The van der Waals surface area contributed by atoms with Crippen molar-refractivity contribution in [2.75, 3.05) is 31.6 Å². The Morgan fingerprint density at radius 1 is 1.30 bits per heavy atom. The lowest BCUT2D eigenvalue weighted by Gasteiger charge is -2.29. The number of carbonyl (C=O) groups is 1. The van der Waals surface area contributed by atoms with Crippen molar-refractivity contribution in [2.24, 2.45) is 0 Å². The first-order chi connectivity index (χ1) is 9.72. The number of β-amino-alcohol motifs (C(OH)–C–C–N with tert-alkyl or cyclic N) is 1. The fourth-order valence-electron chi connectivity index (χ4n) is 2.80. The summed E-state index contributed by atoms with van der Waals surface area (Å²) in [5.41, 5.74) is 1.47. The van der Waals surface area contributed by atoms with E-state index in [2.05, 4.69) is 10.2 Å². The number of hydrogen-bond donors (Lipinski definition) is 2. The van der Waals surface area contributed by atoms with Gasteiger partial charge in [0, 0.05) is 6.54 Å². The molecule has 2 N–H and O–H groups in total. The topological polar surface area (TPSA) is 61.8 Å². The van der Waals surface area contributed by atoms with Crippen LogP contribution >= 0.6 is 0 Å². The van der Waals surface area contributed by atoms with Crippen LogP contribution in [0.4, 0.5) is 5.69 Å². The molecule has 0 saturated carbocycles. The predicted molar refractivity (Wildman–Crippen MR) is 75.8 cm³/mol. The quantitative estimate of drug-likeness (QED) is 0.879. The Hall–Kier alpha value is -1.59. The van der Waals surface area contributed by atoms with Crippen molar-refractivity contribution < 1.29 is 14.6 Å². The number of anilines is 1. The molecule has 1 unspecified atom stereocenters. The molecule has 1 aromatic rings. The van der Waals surface area contributed by atoms with E-state index in [1.54, 1.807) is 6.07 Å². The fraction of sp³-hybridized carbons (Fsp3) is 0.533. The van der Waals surface area contributed by atoms with Gasteiger partial charge >= 0.3 is 0 Å². The zero-order valence-corrected chi connectivity index (χ0v) is 11.5. The molecule has 2 aliphatic rings. The maximum Gasteiger partial charge on any atom is 0.262 e. The van der Waals surface area contributed by atoms with Gasteiger partial charge in [-0.2, -0.15) is 0 Å². The number of nitrogens with zero attached hydrogens (tertiary/aromatic N) is 1. The van der Waals surface area contributed by atoms with E-state index in [0.717, 1.165) is 18.7 Å². The third-order valence-electron chi connectivity index (χ3n) is 3.90. The number of nitrogens with one attached hydrogen (secondary N) is 1. The lowest BCUT2D eigenvalue weighted by atomic mass is 10.1. The molecule has 0 aliphatic carbocycles. The number of carbonyl (C=O) groups excluding carboxylic acids is 1.